The number of nitrogens with zero attached hydrogens (tertiary/aromatic N) is 1. The largest absolute Gasteiger partial charge is 0.339 e. The Labute approximate surface area is 80.6 Å². The third kappa shape index (κ3) is 2.87. The van der Waals surface area contributed by atoms with Crippen molar-refractivity contribution in [2.75, 3.05) is 13.1 Å². The van der Waals surface area contributed by atoms with Crippen molar-refractivity contribution in [2.45, 2.75) is 32.6 Å². The molecule has 0 spiro atoms. The minimum Gasteiger partial charge on any atom is -0.339 e. The lowest BCUT2D eigenvalue weighted by molar-refractivity contribution is -0.127. The van der Waals surface area contributed by atoms with Gasteiger partial charge in [0.05, 0.1) is 0 Å². The van der Waals surface area contributed by atoms with Crippen LogP contribution >= 0.6 is 0 Å². The molecule has 1 saturated heterocycles. The fourth-order valence-electron chi connectivity index (χ4n) is 2.04. The van der Waals surface area contributed by atoms with Crippen molar-refractivity contribution < 1.29 is 4.79 Å². The first-order valence-electron chi connectivity index (χ1n) is 5.19. The smallest absolute Gasteiger partial charge is 0.245 e. The van der Waals surface area contributed by atoms with Gasteiger partial charge in [0.25, 0.3) is 0 Å². The van der Waals surface area contributed by atoms with Gasteiger partial charge in [-0.3, -0.25) is 4.79 Å². The van der Waals surface area contributed by atoms with Gasteiger partial charge in [0.15, 0.2) is 0 Å². The van der Waals surface area contributed by atoms with E-state index in [4.69, 9.17) is 0 Å². The normalized spacial score (nSPS) is 22.8. The summed E-state index contributed by atoms with van der Waals surface area (Å²) < 4.78 is 0. The Kier molecular flexibility index (Phi) is 4.00. The molecule has 1 rings (SSSR count). The van der Waals surface area contributed by atoms with Crippen LogP contribution in [0.3, 0.4) is 0 Å². The van der Waals surface area contributed by atoms with Crippen LogP contribution in [0, 0.1) is 5.92 Å². The zero-order valence-electron chi connectivity index (χ0n) is 8.46. The molecule has 0 radical (unpaired) electrons. The van der Waals surface area contributed by atoms with Gasteiger partial charge in [0, 0.05) is 13.1 Å². The molecule has 0 aromatic heterocycles. The van der Waals surface area contributed by atoms with E-state index in [-0.39, 0.29) is 5.91 Å². The minimum absolute atomic E-state index is 0.0980. The van der Waals surface area contributed by atoms with Crippen LogP contribution in [-0.2, 0) is 4.79 Å². The van der Waals surface area contributed by atoms with E-state index in [2.05, 4.69) is 13.5 Å². The van der Waals surface area contributed by atoms with E-state index in [1.165, 1.54) is 25.3 Å². The van der Waals surface area contributed by atoms with Gasteiger partial charge in [-0.1, -0.05) is 19.9 Å². The van der Waals surface area contributed by atoms with Crippen LogP contribution in [0.25, 0.3) is 0 Å². The van der Waals surface area contributed by atoms with Crippen molar-refractivity contribution in [3.05, 3.63) is 12.7 Å². The van der Waals surface area contributed by atoms with Crippen LogP contribution in [0.2, 0.25) is 0 Å². The van der Waals surface area contributed by atoms with Gasteiger partial charge in [-0.15, -0.1) is 0 Å². The molecule has 1 fully saturated rings. The fraction of sp³-hybridized carbons (Fsp3) is 0.727. The van der Waals surface area contributed by atoms with E-state index < -0.39 is 0 Å². The Hall–Kier alpha value is -0.790. The first kappa shape index (κ1) is 10.3. The van der Waals surface area contributed by atoms with E-state index in [1.807, 2.05) is 4.90 Å². The summed E-state index contributed by atoms with van der Waals surface area (Å²) in [4.78, 5) is 13.3. The highest BCUT2D eigenvalue weighted by Crippen LogP contribution is 2.20. The molecule has 2 heteroatoms. The monoisotopic (exact) mass is 181 g/mol. The highest BCUT2D eigenvalue weighted by atomic mass is 16.2. The third-order valence-electron chi connectivity index (χ3n) is 2.70. The molecule has 2 nitrogen and oxygen atoms in total. The first-order valence-corrected chi connectivity index (χ1v) is 5.19. The lowest BCUT2D eigenvalue weighted by Crippen LogP contribution is -2.38. The van der Waals surface area contributed by atoms with E-state index in [0.717, 1.165) is 25.4 Å². The zero-order valence-corrected chi connectivity index (χ0v) is 8.46. The van der Waals surface area contributed by atoms with E-state index in [9.17, 15) is 4.79 Å². The number of hydrogen-bond donors (Lipinski definition) is 0. The SMILES string of the molecule is C=CC(=O)N1CCC[C@H](CCC)C1. The number of piperidine rings is 1. The van der Waals surface area contributed by atoms with E-state index >= 15 is 0 Å². The standard InChI is InChI=1S/C11H19NO/c1-3-6-10-7-5-8-12(9-10)11(13)4-2/h4,10H,2-3,5-9H2,1H3/t10-/m0/s1. The molecule has 74 valence electrons. The summed E-state index contributed by atoms with van der Waals surface area (Å²) in [6.45, 7) is 7.58. The molecule has 0 aromatic rings. The number of likely N-dealkylation sites (tertiary alicyclic amines) is 1. The second kappa shape index (κ2) is 5.05. The van der Waals surface area contributed by atoms with Gasteiger partial charge in [-0.05, 0) is 31.3 Å². The summed E-state index contributed by atoms with van der Waals surface area (Å²) in [5.41, 5.74) is 0. The van der Waals surface area contributed by atoms with Crippen LogP contribution in [0.4, 0.5) is 0 Å². The summed E-state index contributed by atoms with van der Waals surface area (Å²) in [6, 6.07) is 0. The number of carbonyl (C=O) groups excluding carboxylic acids is 1. The lowest BCUT2D eigenvalue weighted by atomic mass is 9.94. The Bertz CT molecular complexity index is 187. The maximum Gasteiger partial charge on any atom is 0.245 e. The highest BCUT2D eigenvalue weighted by molar-refractivity contribution is 5.87. The van der Waals surface area contributed by atoms with Crippen molar-refractivity contribution in [3.63, 3.8) is 0 Å². The van der Waals surface area contributed by atoms with Crippen molar-refractivity contribution >= 4 is 5.91 Å². The van der Waals surface area contributed by atoms with Gasteiger partial charge in [0.1, 0.15) is 0 Å². The van der Waals surface area contributed by atoms with E-state index in [1.54, 1.807) is 0 Å². The predicted molar refractivity (Wildman–Crippen MR) is 54.4 cm³/mol. The lowest BCUT2D eigenvalue weighted by Gasteiger charge is -2.31. The average Bonchev–Trinajstić information content (AvgIpc) is 2.18. The predicted octanol–water partition coefficient (Wildman–Crippen LogP) is 2.21. The molecule has 0 aliphatic carbocycles. The summed E-state index contributed by atoms with van der Waals surface area (Å²) in [5, 5.41) is 0. The van der Waals surface area contributed by atoms with Gasteiger partial charge in [-0.2, -0.15) is 0 Å². The minimum atomic E-state index is 0.0980. The number of amides is 1. The van der Waals surface area contributed by atoms with Crippen LogP contribution in [0.15, 0.2) is 12.7 Å². The van der Waals surface area contributed by atoms with Crippen LogP contribution in [-0.4, -0.2) is 23.9 Å². The van der Waals surface area contributed by atoms with Crippen molar-refractivity contribution in [3.8, 4) is 0 Å². The Morgan fingerprint density at radius 2 is 2.46 bits per heavy atom. The van der Waals surface area contributed by atoms with Crippen LogP contribution < -0.4 is 0 Å². The summed E-state index contributed by atoms with van der Waals surface area (Å²) in [6.07, 6.45) is 6.34. The van der Waals surface area contributed by atoms with Crippen molar-refractivity contribution in [2.24, 2.45) is 5.92 Å². The van der Waals surface area contributed by atoms with E-state index in [0.29, 0.717) is 0 Å². The Balaban J connectivity index is 2.41. The summed E-state index contributed by atoms with van der Waals surface area (Å²) in [5.74, 6) is 0.823. The molecular weight excluding hydrogens is 162 g/mol. The zero-order chi connectivity index (χ0) is 9.68. The molecule has 0 aromatic carbocycles. The van der Waals surface area contributed by atoms with Crippen molar-refractivity contribution in [1.29, 1.82) is 0 Å². The molecule has 0 saturated carbocycles. The molecular formula is C11H19NO. The molecule has 0 bridgehead atoms. The second-order valence-electron chi connectivity index (χ2n) is 3.79. The highest BCUT2D eigenvalue weighted by Gasteiger charge is 2.20. The number of rotatable bonds is 3. The first-order chi connectivity index (χ1) is 6.27. The number of hydrogen-bond acceptors (Lipinski definition) is 1. The molecule has 1 amide bonds. The molecule has 1 heterocycles. The molecule has 1 aliphatic rings. The third-order valence-corrected chi connectivity index (χ3v) is 2.70. The maximum atomic E-state index is 11.3. The van der Waals surface area contributed by atoms with Gasteiger partial charge < -0.3 is 4.90 Å². The fourth-order valence-corrected chi connectivity index (χ4v) is 2.04. The molecule has 0 N–H and O–H groups in total. The molecule has 1 atom stereocenters. The second-order valence-corrected chi connectivity index (χ2v) is 3.79. The topological polar surface area (TPSA) is 20.3 Å². The van der Waals surface area contributed by atoms with Crippen molar-refractivity contribution in [1.82, 2.24) is 4.90 Å². The maximum absolute atomic E-state index is 11.3. The van der Waals surface area contributed by atoms with Gasteiger partial charge in [-0.25, -0.2) is 0 Å². The molecule has 1 aliphatic heterocycles. The summed E-state index contributed by atoms with van der Waals surface area (Å²) >= 11 is 0. The summed E-state index contributed by atoms with van der Waals surface area (Å²) in [7, 11) is 0. The van der Waals surface area contributed by atoms with Crippen LogP contribution in [0.5, 0.6) is 0 Å². The quantitative estimate of drug-likeness (QED) is 0.611. The van der Waals surface area contributed by atoms with Gasteiger partial charge >= 0.3 is 0 Å². The average molecular weight is 181 g/mol. The van der Waals surface area contributed by atoms with Crippen LogP contribution in [0.1, 0.15) is 32.6 Å². The molecule has 0 unspecified atom stereocenters. The molecule has 13 heavy (non-hydrogen) atoms. The Morgan fingerprint density at radius 3 is 3.08 bits per heavy atom. The Morgan fingerprint density at radius 1 is 1.69 bits per heavy atom. The van der Waals surface area contributed by atoms with Gasteiger partial charge in [0.2, 0.25) is 5.91 Å². The number of carbonyl (C=O) groups is 1.